The van der Waals surface area contributed by atoms with Gasteiger partial charge in [0.15, 0.2) is 0 Å². The zero-order valence-corrected chi connectivity index (χ0v) is 12.8. The van der Waals surface area contributed by atoms with E-state index in [1.54, 1.807) is 0 Å². The molecular weight excluding hydrogens is 280 g/mol. The monoisotopic (exact) mass is 300 g/mol. The van der Waals surface area contributed by atoms with Crippen molar-refractivity contribution in [3.8, 4) is 0 Å². The summed E-state index contributed by atoms with van der Waals surface area (Å²) in [6, 6.07) is 10.7. The SMILES string of the molecule is CC(C)(C)C(CBr)CCSc1ccccc1. The van der Waals surface area contributed by atoms with Gasteiger partial charge in [0.25, 0.3) is 0 Å². The van der Waals surface area contributed by atoms with Crippen molar-refractivity contribution in [3.63, 3.8) is 0 Å². The summed E-state index contributed by atoms with van der Waals surface area (Å²) in [7, 11) is 0. The third-order valence-electron chi connectivity index (χ3n) is 2.89. The third kappa shape index (κ3) is 4.92. The van der Waals surface area contributed by atoms with Gasteiger partial charge >= 0.3 is 0 Å². The maximum atomic E-state index is 3.63. The van der Waals surface area contributed by atoms with Crippen molar-refractivity contribution in [3.05, 3.63) is 30.3 Å². The smallest absolute Gasteiger partial charge is 0.00719 e. The molecule has 0 heterocycles. The van der Waals surface area contributed by atoms with Gasteiger partial charge < -0.3 is 0 Å². The first-order valence-corrected chi connectivity index (χ1v) is 7.88. The Morgan fingerprint density at radius 1 is 1.19 bits per heavy atom. The zero-order chi connectivity index (χ0) is 12.0. The molecule has 0 aliphatic carbocycles. The van der Waals surface area contributed by atoms with Crippen molar-refractivity contribution in [2.75, 3.05) is 11.1 Å². The number of alkyl halides is 1. The molecular formula is C14H21BrS. The lowest BCUT2D eigenvalue weighted by Crippen LogP contribution is -2.22. The van der Waals surface area contributed by atoms with Crippen LogP contribution >= 0.6 is 27.7 Å². The topological polar surface area (TPSA) is 0 Å². The van der Waals surface area contributed by atoms with E-state index >= 15 is 0 Å². The molecule has 0 saturated carbocycles. The van der Waals surface area contributed by atoms with Crippen molar-refractivity contribution >= 4 is 27.7 Å². The predicted molar refractivity (Wildman–Crippen MR) is 78.5 cm³/mol. The Hall–Kier alpha value is 0.0500. The van der Waals surface area contributed by atoms with Crippen LogP contribution in [-0.2, 0) is 0 Å². The quantitative estimate of drug-likeness (QED) is 0.530. The summed E-state index contributed by atoms with van der Waals surface area (Å²) in [6.45, 7) is 6.98. The first-order chi connectivity index (χ1) is 7.54. The van der Waals surface area contributed by atoms with Gasteiger partial charge in [0.1, 0.15) is 0 Å². The number of benzene rings is 1. The van der Waals surface area contributed by atoms with E-state index in [2.05, 4.69) is 67.0 Å². The number of hydrogen-bond donors (Lipinski definition) is 0. The van der Waals surface area contributed by atoms with Crippen LogP contribution in [0, 0.1) is 11.3 Å². The summed E-state index contributed by atoms with van der Waals surface area (Å²) in [4.78, 5) is 1.38. The molecule has 0 aliphatic heterocycles. The largest absolute Gasteiger partial charge is 0.126 e. The highest BCUT2D eigenvalue weighted by Crippen LogP contribution is 2.32. The lowest BCUT2D eigenvalue weighted by atomic mass is 9.80. The van der Waals surface area contributed by atoms with E-state index < -0.39 is 0 Å². The van der Waals surface area contributed by atoms with Crippen LogP contribution in [-0.4, -0.2) is 11.1 Å². The molecule has 0 N–H and O–H groups in total. The molecule has 1 unspecified atom stereocenters. The Labute approximate surface area is 112 Å². The van der Waals surface area contributed by atoms with Gasteiger partial charge in [-0.2, -0.15) is 0 Å². The van der Waals surface area contributed by atoms with E-state index in [4.69, 9.17) is 0 Å². The van der Waals surface area contributed by atoms with E-state index in [1.807, 2.05) is 11.8 Å². The Morgan fingerprint density at radius 2 is 1.81 bits per heavy atom. The maximum Gasteiger partial charge on any atom is 0.00719 e. The zero-order valence-electron chi connectivity index (χ0n) is 10.4. The standard InChI is InChI=1S/C14H21BrS/c1-14(2,3)12(11-15)9-10-16-13-7-5-4-6-8-13/h4-8,12H,9-11H2,1-3H3. The molecule has 0 fully saturated rings. The summed E-state index contributed by atoms with van der Waals surface area (Å²) in [5, 5.41) is 1.10. The summed E-state index contributed by atoms with van der Waals surface area (Å²) >= 11 is 5.59. The van der Waals surface area contributed by atoms with Crippen molar-refractivity contribution < 1.29 is 0 Å². The van der Waals surface area contributed by atoms with Crippen LogP contribution in [0.25, 0.3) is 0 Å². The molecule has 0 amide bonds. The van der Waals surface area contributed by atoms with Gasteiger partial charge in [-0.25, -0.2) is 0 Å². The fourth-order valence-electron chi connectivity index (χ4n) is 1.58. The number of rotatable bonds is 5. The van der Waals surface area contributed by atoms with Gasteiger partial charge in [-0.3, -0.25) is 0 Å². The second-order valence-corrected chi connectivity index (χ2v) is 6.98. The average molecular weight is 301 g/mol. The van der Waals surface area contributed by atoms with Crippen LogP contribution in [0.2, 0.25) is 0 Å². The second kappa shape index (κ2) is 6.70. The molecule has 0 bridgehead atoms. The lowest BCUT2D eigenvalue weighted by Gasteiger charge is -2.29. The van der Waals surface area contributed by atoms with Crippen LogP contribution in [0.1, 0.15) is 27.2 Å². The van der Waals surface area contributed by atoms with E-state index in [-0.39, 0.29) is 0 Å². The van der Waals surface area contributed by atoms with E-state index in [1.165, 1.54) is 17.1 Å². The van der Waals surface area contributed by atoms with Gasteiger partial charge in [0.05, 0.1) is 0 Å². The molecule has 0 aromatic heterocycles. The van der Waals surface area contributed by atoms with Gasteiger partial charge in [0, 0.05) is 10.2 Å². The summed E-state index contributed by atoms with van der Waals surface area (Å²) in [5.74, 6) is 1.96. The lowest BCUT2D eigenvalue weighted by molar-refractivity contribution is 0.263. The van der Waals surface area contributed by atoms with Crippen LogP contribution in [0.4, 0.5) is 0 Å². The summed E-state index contributed by atoms with van der Waals surface area (Å²) in [6.07, 6.45) is 1.27. The summed E-state index contributed by atoms with van der Waals surface area (Å²) in [5.41, 5.74) is 0.404. The first-order valence-electron chi connectivity index (χ1n) is 5.78. The molecule has 0 aliphatic rings. The van der Waals surface area contributed by atoms with E-state index in [0.717, 1.165) is 11.2 Å². The first kappa shape index (κ1) is 14.1. The molecule has 0 spiro atoms. The average Bonchev–Trinajstić information content (AvgIpc) is 2.24. The van der Waals surface area contributed by atoms with Gasteiger partial charge in [-0.05, 0) is 35.6 Å². The highest BCUT2D eigenvalue weighted by Gasteiger charge is 2.22. The number of thioether (sulfide) groups is 1. The Kier molecular flexibility index (Phi) is 5.91. The highest BCUT2D eigenvalue weighted by molar-refractivity contribution is 9.09. The minimum absolute atomic E-state index is 0.404. The van der Waals surface area contributed by atoms with Crippen LogP contribution < -0.4 is 0 Å². The minimum atomic E-state index is 0.404. The van der Waals surface area contributed by atoms with Gasteiger partial charge in [-0.15, -0.1) is 11.8 Å². The molecule has 0 saturated heterocycles. The molecule has 2 heteroatoms. The van der Waals surface area contributed by atoms with Crippen molar-refractivity contribution in [2.45, 2.75) is 32.1 Å². The molecule has 1 aromatic rings. The van der Waals surface area contributed by atoms with Crippen molar-refractivity contribution in [1.82, 2.24) is 0 Å². The molecule has 1 atom stereocenters. The Bertz CT molecular complexity index is 289. The molecule has 16 heavy (non-hydrogen) atoms. The molecule has 90 valence electrons. The van der Waals surface area contributed by atoms with Crippen molar-refractivity contribution in [2.24, 2.45) is 11.3 Å². The van der Waals surface area contributed by atoms with Crippen molar-refractivity contribution in [1.29, 1.82) is 0 Å². The third-order valence-corrected chi connectivity index (χ3v) is 4.72. The van der Waals surface area contributed by atoms with Crippen LogP contribution in [0.15, 0.2) is 35.2 Å². The van der Waals surface area contributed by atoms with Gasteiger partial charge in [-0.1, -0.05) is 54.9 Å². The van der Waals surface area contributed by atoms with Crippen LogP contribution in [0.5, 0.6) is 0 Å². The Morgan fingerprint density at radius 3 is 2.31 bits per heavy atom. The fraction of sp³-hybridized carbons (Fsp3) is 0.571. The predicted octanol–water partition coefficient (Wildman–Crippen LogP) is 5.23. The van der Waals surface area contributed by atoms with E-state index in [9.17, 15) is 0 Å². The second-order valence-electron chi connectivity index (χ2n) is 5.17. The highest BCUT2D eigenvalue weighted by atomic mass is 79.9. The van der Waals surface area contributed by atoms with Gasteiger partial charge in [0.2, 0.25) is 0 Å². The van der Waals surface area contributed by atoms with E-state index in [0.29, 0.717) is 5.41 Å². The molecule has 1 rings (SSSR count). The maximum absolute atomic E-state index is 3.63. The fourth-order valence-corrected chi connectivity index (χ4v) is 3.86. The number of hydrogen-bond acceptors (Lipinski definition) is 1. The molecule has 0 nitrogen and oxygen atoms in total. The number of halogens is 1. The normalized spacial score (nSPS) is 13.8. The molecule has 0 radical (unpaired) electrons. The Balaban J connectivity index is 2.35. The summed E-state index contributed by atoms with van der Waals surface area (Å²) < 4.78 is 0. The minimum Gasteiger partial charge on any atom is -0.126 e. The van der Waals surface area contributed by atoms with Crippen LogP contribution in [0.3, 0.4) is 0 Å². The molecule has 1 aromatic carbocycles.